The third kappa shape index (κ3) is 5.20. The molecule has 31 heavy (non-hydrogen) atoms. The van der Waals surface area contributed by atoms with E-state index in [0.717, 1.165) is 28.1 Å². The van der Waals surface area contributed by atoms with Gasteiger partial charge in [0.25, 0.3) is 5.91 Å². The molecule has 0 bridgehead atoms. The average molecular weight is 454 g/mol. The van der Waals surface area contributed by atoms with Crippen molar-refractivity contribution < 1.29 is 31.5 Å². The summed E-state index contributed by atoms with van der Waals surface area (Å²) in [6.07, 6.45) is -0.738. The first-order valence-corrected chi connectivity index (χ1v) is 11.2. The summed E-state index contributed by atoms with van der Waals surface area (Å²) in [5.41, 5.74) is 0.849. The Morgan fingerprint density at radius 1 is 1.06 bits per heavy atom. The second-order valence-electron chi connectivity index (χ2n) is 7.08. The molecule has 1 fully saturated rings. The van der Waals surface area contributed by atoms with Gasteiger partial charge in [-0.05, 0) is 36.8 Å². The molecule has 1 aliphatic heterocycles. The quantitative estimate of drug-likeness (QED) is 0.642. The highest BCUT2D eigenvalue weighted by atomic mass is 32.2. The van der Waals surface area contributed by atoms with Crippen LogP contribution in [0.4, 0.5) is 8.78 Å². The number of benzene rings is 2. The molecule has 0 spiro atoms. The van der Waals surface area contributed by atoms with E-state index in [1.807, 2.05) is 18.2 Å². The third-order valence-corrected chi connectivity index (χ3v) is 7.00. The van der Waals surface area contributed by atoms with E-state index in [-0.39, 0.29) is 38.7 Å². The number of piperazine rings is 1. The third-order valence-electron chi connectivity index (χ3n) is 5.05. The van der Waals surface area contributed by atoms with Crippen LogP contribution in [0.15, 0.2) is 47.4 Å². The molecule has 7 nitrogen and oxygen atoms in total. The number of amides is 1. The lowest BCUT2D eigenvalue weighted by atomic mass is 10.2. The molecule has 0 radical (unpaired) electrons. The highest BCUT2D eigenvalue weighted by Crippen LogP contribution is 2.24. The standard InChI is InChI=1S/C21H24F2N2O5S/c1-15(30-14-16-5-3-6-17(13-16)29-2)21(26)24-9-11-25(12-10-24)31(27,28)20-18(22)7-4-8-19(20)23/h3-8,13,15H,9-12,14H2,1-2H3. The zero-order valence-electron chi connectivity index (χ0n) is 17.3. The molecule has 2 aromatic carbocycles. The van der Waals surface area contributed by atoms with Gasteiger partial charge in [0.2, 0.25) is 10.0 Å². The number of carbonyl (C=O) groups is 1. The second-order valence-corrected chi connectivity index (χ2v) is 8.96. The van der Waals surface area contributed by atoms with E-state index in [1.54, 1.807) is 20.1 Å². The van der Waals surface area contributed by atoms with Crippen molar-refractivity contribution in [2.45, 2.75) is 24.5 Å². The van der Waals surface area contributed by atoms with Crippen LogP contribution in [0.5, 0.6) is 5.75 Å². The maximum atomic E-state index is 13.9. The molecule has 168 valence electrons. The SMILES string of the molecule is COc1cccc(COC(C)C(=O)N2CCN(S(=O)(=O)c3c(F)cccc3F)CC2)c1. The van der Waals surface area contributed by atoms with Gasteiger partial charge < -0.3 is 14.4 Å². The number of nitrogens with zero attached hydrogens (tertiary/aromatic N) is 2. The summed E-state index contributed by atoms with van der Waals surface area (Å²) >= 11 is 0. The van der Waals surface area contributed by atoms with Gasteiger partial charge in [-0.15, -0.1) is 0 Å². The van der Waals surface area contributed by atoms with Gasteiger partial charge in [-0.25, -0.2) is 17.2 Å². The van der Waals surface area contributed by atoms with E-state index in [1.165, 1.54) is 4.90 Å². The van der Waals surface area contributed by atoms with E-state index in [4.69, 9.17) is 9.47 Å². The van der Waals surface area contributed by atoms with E-state index >= 15 is 0 Å². The summed E-state index contributed by atoms with van der Waals surface area (Å²) in [6.45, 7) is 1.91. The highest BCUT2D eigenvalue weighted by Gasteiger charge is 2.34. The number of hydrogen-bond acceptors (Lipinski definition) is 5. The number of rotatable bonds is 7. The summed E-state index contributed by atoms with van der Waals surface area (Å²) < 4.78 is 65.0. The first kappa shape index (κ1) is 23.1. The lowest BCUT2D eigenvalue weighted by Crippen LogP contribution is -2.52. The molecule has 1 aliphatic rings. The van der Waals surface area contributed by atoms with E-state index in [2.05, 4.69) is 0 Å². The molecule has 1 unspecified atom stereocenters. The molecule has 3 rings (SSSR count). The van der Waals surface area contributed by atoms with Crippen molar-refractivity contribution in [3.05, 3.63) is 59.7 Å². The zero-order chi connectivity index (χ0) is 22.6. The van der Waals surface area contributed by atoms with Crippen molar-refractivity contribution in [2.75, 3.05) is 33.3 Å². The summed E-state index contributed by atoms with van der Waals surface area (Å²) in [5, 5.41) is 0. The highest BCUT2D eigenvalue weighted by molar-refractivity contribution is 7.89. The molecular formula is C21H24F2N2O5S. The molecule has 1 atom stereocenters. The van der Waals surface area contributed by atoms with E-state index < -0.39 is 32.7 Å². The van der Waals surface area contributed by atoms with Crippen LogP contribution in [-0.4, -0.2) is 62.9 Å². The first-order chi connectivity index (χ1) is 14.7. The first-order valence-electron chi connectivity index (χ1n) is 9.71. The number of methoxy groups -OCH3 is 1. The average Bonchev–Trinajstić information content (AvgIpc) is 2.77. The fourth-order valence-corrected chi connectivity index (χ4v) is 4.85. The number of sulfonamides is 1. The Kier molecular flexibility index (Phi) is 7.24. The van der Waals surface area contributed by atoms with Crippen LogP contribution in [0, 0.1) is 11.6 Å². The van der Waals surface area contributed by atoms with Gasteiger partial charge in [0.1, 0.15) is 23.5 Å². The maximum absolute atomic E-state index is 13.9. The Bertz CT molecular complexity index is 1020. The molecule has 0 aromatic heterocycles. The number of carbonyl (C=O) groups excluding carboxylic acids is 1. The van der Waals surface area contributed by atoms with Crippen molar-refractivity contribution in [2.24, 2.45) is 0 Å². The van der Waals surface area contributed by atoms with Gasteiger partial charge >= 0.3 is 0 Å². The summed E-state index contributed by atoms with van der Waals surface area (Å²) in [4.78, 5) is 13.2. The molecule has 10 heteroatoms. The Labute approximate surface area is 180 Å². The van der Waals surface area contributed by atoms with E-state index in [9.17, 15) is 22.0 Å². The Morgan fingerprint density at radius 3 is 2.29 bits per heavy atom. The fourth-order valence-electron chi connectivity index (χ4n) is 3.32. The van der Waals surface area contributed by atoms with Crippen LogP contribution in [0.2, 0.25) is 0 Å². The van der Waals surface area contributed by atoms with Crippen LogP contribution in [0.1, 0.15) is 12.5 Å². The van der Waals surface area contributed by atoms with Crippen molar-refractivity contribution in [3.8, 4) is 5.75 Å². The van der Waals surface area contributed by atoms with Gasteiger partial charge in [0, 0.05) is 26.2 Å². The number of halogens is 2. The molecule has 1 heterocycles. The topological polar surface area (TPSA) is 76.2 Å². The molecule has 0 saturated carbocycles. The molecule has 0 N–H and O–H groups in total. The summed E-state index contributed by atoms with van der Waals surface area (Å²) in [5.74, 6) is -1.88. The Hall–Kier alpha value is -2.56. The van der Waals surface area contributed by atoms with Crippen LogP contribution >= 0.6 is 0 Å². The molecule has 2 aromatic rings. The molecule has 1 amide bonds. The van der Waals surface area contributed by atoms with Crippen LogP contribution in [0.25, 0.3) is 0 Å². The monoisotopic (exact) mass is 454 g/mol. The van der Waals surface area contributed by atoms with Crippen LogP contribution in [-0.2, 0) is 26.2 Å². The van der Waals surface area contributed by atoms with Gasteiger partial charge in [0.05, 0.1) is 13.7 Å². The predicted octanol–water partition coefficient (Wildman–Crippen LogP) is 2.41. The predicted molar refractivity (Wildman–Crippen MR) is 109 cm³/mol. The van der Waals surface area contributed by atoms with Crippen molar-refractivity contribution >= 4 is 15.9 Å². The van der Waals surface area contributed by atoms with Crippen molar-refractivity contribution in [1.82, 2.24) is 9.21 Å². The summed E-state index contributed by atoms with van der Waals surface area (Å²) in [7, 11) is -2.78. The lowest BCUT2D eigenvalue weighted by Gasteiger charge is -2.35. The Morgan fingerprint density at radius 2 is 1.68 bits per heavy atom. The van der Waals surface area contributed by atoms with Crippen LogP contribution in [0.3, 0.4) is 0 Å². The van der Waals surface area contributed by atoms with Crippen molar-refractivity contribution in [3.63, 3.8) is 0 Å². The number of hydrogen-bond donors (Lipinski definition) is 0. The largest absolute Gasteiger partial charge is 0.497 e. The second kappa shape index (κ2) is 9.71. The van der Waals surface area contributed by atoms with Gasteiger partial charge in [-0.2, -0.15) is 4.31 Å². The maximum Gasteiger partial charge on any atom is 0.251 e. The van der Waals surface area contributed by atoms with Gasteiger partial charge in [-0.3, -0.25) is 4.79 Å². The fraction of sp³-hybridized carbons (Fsp3) is 0.381. The minimum atomic E-state index is -4.34. The zero-order valence-corrected chi connectivity index (χ0v) is 18.1. The number of ether oxygens (including phenoxy) is 2. The lowest BCUT2D eigenvalue weighted by molar-refractivity contribution is -0.144. The Balaban J connectivity index is 1.57. The van der Waals surface area contributed by atoms with Crippen molar-refractivity contribution in [1.29, 1.82) is 0 Å². The smallest absolute Gasteiger partial charge is 0.251 e. The molecule has 1 saturated heterocycles. The normalized spacial score (nSPS) is 16.2. The van der Waals surface area contributed by atoms with E-state index in [0.29, 0.717) is 5.75 Å². The molecule has 0 aliphatic carbocycles. The molecular weight excluding hydrogens is 430 g/mol. The van der Waals surface area contributed by atoms with Gasteiger partial charge in [0.15, 0.2) is 4.90 Å². The van der Waals surface area contributed by atoms with Gasteiger partial charge in [-0.1, -0.05) is 18.2 Å². The minimum absolute atomic E-state index is 0.0650. The van der Waals surface area contributed by atoms with Crippen LogP contribution < -0.4 is 4.74 Å². The summed E-state index contributed by atoms with van der Waals surface area (Å²) in [6, 6.07) is 10.2. The minimum Gasteiger partial charge on any atom is -0.497 e.